The second-order valence-electron chi connectivity index (χ2n) is 9.91. The van der Waals surface area contributed by atoms with Gasteiger partial charge in [-0.05, 0) is 54.4 Å². The first kappa shape index (κ1) is 24.2. The number of hydrogen-bond donors (Lipinski definition) is 1. The van der Waals surface area contributed by atoms with E-state index in [0.717, 1.165) is 18.4 Å². The molecule has 1 N–H and O–H groups in total. The van der Waals surface area contributed by atoms with Gasteiger partial charge in [0.05, 0.1) is 0 Å². The van der Waals surface area contributed by atoms with Crippen LogP contribution in [0.3, 0.4) is 0 Å². The van der Waals surface area contributed by atoms with Crippen LogP contribution in [0.1, 0.15) is 62.6 Å². The molecular weight excluding hydrogens is 418 g/mol. The van der Waals surface area contributed by atoms with Crippen molar-refractivity contribution in [3.63, 3.8) is 0 Å². The summed E-state index contributed by atoms with van der Waals surface area (Å²) in [4.78, 5) is 37.3. The van der Waals surface area contributed by atoms with Crippen molar-refractivity contribution in [2.75, 3.05) is 6.61 Å². The first-order valence-corrected chi connectivity index (χ1v) is 14.4. The normalized spacial score (nSPS) is 17.8. The Kier molecular flexibility index (Phi) is 7.57. The van der Waals surface area contributed by atoms with E-state index in [1.54, 1.807) is 0 Å². The predicted molar refractivity (Wildman–Crippen MR) is 129 cm³/mol. The van der Waals surface area contributed by atoms with Crippen molar-refractivity contribution in [1.82, 2.24) is 4.90 Å². The number of hydrogen-bond acceptors (Lipinski definition) is 4. The Bertz CT molecular complexity index is 908. The van der Waals surface area contributed by atoms with Gasteiger partial charge in [0.15, 0.2) is 8.32 Å². The zero-order chi connectivity index (χ0) is 23.4. The van der Waals surface area contributed by atoms with Gasteiger partial charge in [-0.25, -0.2) is 9.69 Å². The van der Waals surface area contributed by atoms with Crippen LogP contribution in [0.25, 0.3) is 0 Å². The highest BCUT2D eigenvalue weighted by Gasteiger charge is 2.40. The molecule has 0 saturated carbocycles. The number of imide groups is 1. The number of cyclic esters (lactones) is 1. The van der Waals surface area contributed by atoms with Crippen LogP contribution >= 0.6 is 0 Å². The van der Waals surface area contributed by atoms with Crippen molar-refractivity contribution in [1.29, 1.82) is 0 Å². The Morgan fingerprint density at radius 3 is 2.31 bits per heavy atom. The maximum absolute atomic E-state index is 13.0. The van der Waals surface area contributed by atoms with Crippen LogP contribution in [0.4, 0.5) is 4.79 Å². The molecule has 0 radical (unpaired) electrons. The van der Waals surface area contributed by atoms with Gasteiger partial charge in [-0.1, -0.05) is 74.5 Å². The first-order chi connectivity index (χ1) is 15.1. The summed E-state index contributed by atoms with van der Waals surface area (Å²) in [7, 11) is -2.35. The molecule has 172 valence electrons. The van der Waals surface area contributed by atoms with Crippen molar-refractivity contribution in [3.8, 4) is 0 Å². The van der Waals surface area contributed by atoms with E-state index in [9.17, 15) is 14.4 Å². The summed E-state index contributed by atoms with van der Waals surface area (Å²) in [6, 6.07) is 19.5. The van der Waals surface area contributed by atoms with E-state index in [-0.39, 0.29) is 29.5 Å². The van der Waals surface area contributed by atoms with Gasteiger partial charge in [-0.15, -0.1) is 0 Å². The average molecular weight is 454 g/mol. The smallest absolute Gasteiger partial charge is 0.417 e. The highest BCUT2D eigenvalue weighted by atomic mass is 28.4. The van der Waals surface area contributed by atoms with Gasteiger partial charge < -0.3 is 9.53 Å². The summed E-state index contributed by atoms with van der Waals surface area (Å²) in [5, 5.41) is -0.158. The lowest BCUT2D eigenvalue weighted by molar-refractivity contribution is -0.129. The number of ether oxygens (including phenoxy) is 1. The topological polar surface area (TPSA) is 66.8 Å². The molecule has 2 aromatic rings. The van der Waals surface area contributed by atoms with Crippen LogP contribution in [0, 0.1) is 0 Å². The van der Waals surface area contributed by atoms with Gasteiger partial charge in [0.1, 0.15) is 12.6 Å². The molecule has 1 aliphatic heterocycles. The highest BCUT2D eigenvalue weighted by molar-refractivity contribution is 6.72. The van der Waals surface area contributed by atoms with Crippen LogP contribution in [-0.4, -0.2) is 36.6 Å². The third kappa shape index (κ3) is 5.67. The Hall–Kier alpha value is -2.44. The molecule has 0 bridgehead atoms. The zero-order valence-electron chi connectivity index (χ0n) is 19.6. The van der Waals surface area contributed by atoms with Crippen LogP contribution in [0.2, 0.25) is 18.1 Å². The van der Waals surface area contributed by atoms with Gasteiger partial charge in [0, 0.05) is 6.42 Å². The van der Waals surface area contributed by atoms with E-state index in [0.29, 0.717) is 12.8 Å². The Morgan fingerprint density at radius 1 is 1.12 bits per heavy atom. The third-order valence-corrected chi connectivity index (χ3v) is 10.5. The summed E-state index contributed by atoms with van der Waals surface area (Å²) in [6.07, 6.45) is 2.09. The molecule has 0 aromatic heterocycles. The molecule has 32 heavy (non-hydrogen) atoms. The van der Waals surface area contributed by atoms with E-state index in [1.165, 1.54) is 10.5 Å². The van der Waals surface area contributed by atoms with Crippen LogP contribution in [-0.2, 0) is 9.53 Å². The standard InChI is InChI=1S/C26H35NO4Si/c1-26(2,32(3,4)30)18-22(20-12-7-5-8-13-20)16-11-17-24(28)27-23(19-31-25(27)29)21-14-9-6-10-15-21/h5-10,12-15,22-23,30H,11,16-19H2,1-4H3/t22?,23-/m1/s1. The van der Waals surface area contributed by atoms with Crippen molar-refractivity contribution in [3.05, 3.63) is 71.8 Å². The average Bonchev–Trinajstić information content (AvgIpc) is 3.15. The fourth-order valence-electron chi connectivity index (χ4n) is 4.22. The van der Waals surface area contributed by atoms with Crippen LogP contribution in [0.15, 0.2) is 60.7 Å². The number of benzene rings is 2. The lowest BCUT2D eigenvalue weighted by atomic mass is 9.86. The van der Waals surface area contributed by atoms with Crippen LogP contribution in [0.5, 0.6) is 0 Å². The molecule has 1 unspecified atom stereocenters. The molecule has 6 heteroatoms. The predicted octanol–water partition coefficient (Wildman–Crippen LogP) is 6.03. The molecule has 1 heterocycles. The van der Waals surface area contributed by atoms with E-state index >= 15 is 0 Å². The van der Waals surface area contributed by atoms with Crippen LogP contribution < -0.4 is 0 Å². The minimum atomic E-state index is -2.35. The number of rotatable bonds is 9. The summed E-state index contributed by atoms with van der Waals surface area (Å²) < 4.78 is 5.20. The molecule has 2 aromatic carbocycles. The zero-order valence-corrected chi connectivity index (χ0v) is 20.6. The lowest BCUT2D eigenvalue weighted by Gasteiger charge is -2.38. The maximum atomic E-state index is 13.0. The number of nitrogens with zero attached hydrogens (tertiary/aromatic N) is 1. The molecule has 2 atom stereocenters. The van der Waals surface area contributed by atoms with Gasteiger partial charge >= 0.3 is 6.09 Å². The Morgan fingerprint density at radius 2 is 1.72 bits per heavy atom. The largest absolute Gasteiger partial charge is 0.446 e. The molecule has 5 nitrogen and oxygen atoms in total. The van der Waals surface area contributed by atoms with Gasteiger partial charge in [-0.3, -0.25) is 4.79 Å². The van der Waals surface area contributed by atoms with Gasteiger partial charge in [-0.2, -0.15) is 0 Å². The van der Waals surface area contributed by atoms with E-state index in [1.807, 2.05) is 61.6 Å². The van der Waals surface area contributed by atoms with Crippen molar-refractivity contribution < 1.29 is 19.1 Å². The molecule has 1 fully saturated rings. The summed E-state index contributed by atoms with van der Waals surface area (Å²) in [5.41, 5.74) is 2.14. The quantitative estimate of drug-likeness (QED) is 0.471. The number of carbonyl (C=O) groups excluding carboxylic acids is 2. The van der Waals surface area contributed by atoms with E-state index < -0.39 is 14.4 Å². The Labute approximate surface area is 192 Å². The van der Waals surface area contributed by atoms with Crippen molar-refractivity contribution >= 4 is 20.3 Å². The van der Waals surface area contributed by atoms with E-state index in [4.69, 9.17) is 4.74 Å². The molecule has 1 saturated heterocycles. The molecule has 3 rings (SSSR count). The highest BCUT2D eigenvalue weighted by Crippen LogP contribution is 2.45. The van der Waals surface area contributed by atoms with E-state index in [2.05, 4.69) is 26.0 Å². The third-order valence-electron chi connectivity index (χ3n) is 6.95. The van der Waals surface area contributed by atoms with Crippen molar-refractivity contribution in [2.24, 2.45) is 0 Å². The van der Waals surface area contributed by atoms with Gasteiger partial charge in [0.2, 0.25) is 5.91 Å². The molecular formula is C26H35NO4Si. The SMILES string of the molecule is CC(C)(CC(CCCC(=O)N1C(=O)OC[C@@H]1c1ccccc1)c1ccccc1)[Si](C)(C)O. The first-order valence-electron chi connectivity index (χ1n) is 11.4. The second-order valence-corrected chi connectivity index (χ2v) is 14.4. The Balaban J connectivity index is 1.67. The number of carbonyl (C=O) groups is 2. The maximum Gasteiger partial charge on any atom is 0.417 e. The lowest BCUT2D eigenvalue weighted by Crippen LogP contribution is -2.40. The summed E-state index contributed by atoms with van der Waals surface area (Å²) in [6.45, 7) is 8.46. The summed E-state index contributed by atoms with van der Waals surface area (Å²) >= 11 is 0. The molecule has 2 amide bonds. The van der Waals surface area contributed by atoms with Gasteiger partial charge in [0.25, 0.3) is 0 Å². The molecule has 0 aliphatic carbocycles. The minimum Gasteiger partial charge on any atom is -0.446 e. The number of amides is 2. The fourth-order valence-corrected chi connectivity index (χ4v) is 4.96. The molecule has 0 spiro atoms. The minimum absolute atomic E-state index is 0.158. The van der Waals surface area contributed by atoms with Crippen molar-refractivity contribution in [2.45, 2.75) is 69.6 Å². The monoisotopic (exact) mass is 453 g/mol. The second kappa shape index (κ2) is 10.0. The molecule has 1 aliphatic rings. The summed E-state index contributed by atoms with van der Waals surface area (Å²) in [5.74, 6) is 0.0534. The fraction of sp³-hybridized carbons (Fsp3) is 0.462.